The molecule has 0 spiro atoms. The Morgan fingerprint density at radius 1 is 1.13 bits per heavy atom. The summed E-state index contributed by atoms with van der Waals surface area (Å²) in [6.07, 6.45) is 9.97. The maximum Gasteiger partial charge on any atom is 0.0453 e. The van der Waals surface area contributed by atoms with Gasteiger partial charge in [-0.2, -0.15) is 0 Å². The monoisotopic (exact) mass is 263 g/mol. The first-order chi connectivity index (χ1) is 7.33. The lowest BCUT2D eigenvalue weighted by molar-refractivity contribution is 0.723. The van der Waals surface area contributed by atoms with E-state index in [1.54, 1.807) is 0 Å². The summed E-state index contributed by atoms with van der Waals surface area (Å²) in [6.45, 7) is 0. The predicted molar refractivity (Wildman–Crippen MR) is 66.3 cm³/mol. The average molecular weight is 264 g/mol. The van der Waals surface area contributed by atoms with Crippen molar-refractivity contribution in [1.82, 2.24) is 4.40 Å². The van der Waals surface area contributed by atoms with Crippen molar-refractivity contribution in [2.75, 3.05) is 0 Å². The zero-order valence-electron chi connectivity index (χ0n) is 8.62. The summed E-state index contributed by atoms with van der Waals surface area (Å²) in [5, 5.41) is 0. The molecule has 0 amide bonds. The molecule has 1 aliphatic rings. The zero-order valence-corrected chi connectivity index (χ0v) is 10.2. The molecule has 0 radical (unpaired) electrons. The highest BCUT2D eigenvalue weighted by molar-refractivity contribution is 9.10. The molecule has 0 saturated heterocycles. The number of fused-ring (bicyclic) bond motifs is 1. The van der Waals surface area contributed by atoms with Crippen LogP contribution < -0.4 is 0 Å². The molecule has 78 valence electrons. The quantitative estimate of drug-likeness (QED) is 0.720. The van der Waals surface area contributed by atoms with Gasteiger partial charge in [0.25, 0.3) is 0 Å². The van der Waals surface area contributed by atoms with Crippen LogP contribution in [0.2, 0.25) is 0 Å². The van der Waals surface area contributed by atoms with Crippen LogP contribution in [-0.2, 0) is 0 Å². The van der Waals surface area contributed by atoms with E-state index in [0.29, 0.717) is 0 Å². The molecule has 1 aliphatic carbocycles. The Kier molecular flexibility index (Phi) is 2.32. The molecule has 2 heterocycles. The summed E-state index contributed by atoms with van der Waals surface area (Å²) < 4.78 is 3.36. The predicted octanol–water partition coefficient (Wildman–Crippen LogP) is 4.36. The summed E-state index contributed by atoms with van der Waals surface area (Å²) in [5.41, 5.74) is 2.82. The highest BCUT2D eigenvalue weighted by Gasteiger charge is 2.18. The fraction of sp³-hybridized carbons (Fsp3) is 0.385. The van der Waals surface area contributed by atoms with Crippen LogP contribution in [-0.4, -0.2) is 4.40 Å². The maximum atomic E-state index is 3.50. The van der Waals surface area contributed by atoms with Crippen LogP contribution in [0, 0.1) is 0 Å². The van der Waals surface area contributed by atoms with Gasteiger partial charge in [0, 0.05) is 22.4 Å². The minimum Gasteiger partial charge on any atom is -0.322 e. The molecule has 0 bridgehead atoms. The van der Waals surface area contributed by atoms with Gasteiger partial charge in [-0.3, -0.25) is 0 Å². The number of hydrogen-bond acceptors (Lipinski definition) is 0. The normalized spacial score (nSPS) is 17.7. The van der Waals surface area contributed by atoms with E-state index in [2.05, 4.69) is 50.9 Å². The van der Waals surface area contributed by atoms with Gasteiger partial charge >= 0.3 is 0 Å². The van der Waals surface area contributed by atoms with E-state index in [9.17, 15) is 0 Å². The van der Waals surface area contributed by atoms with E-state index in [4.69, 9.17) is 0 Å². The van der Waals surface area contributed by atoms with Gasteiger partial charge in [0.05, 0.1) is 0 Å². The molecule has 0 atom stereocenters. The standard InChI is InChI=1S/C13H14BrN/c14-12-5-6-13-7-11(8-15(13)9-12)10-3-1-2-4-10/h5-10H,1-4H2. The van der Waals surface area contributed by atoms with Crippen LogP contribution >= 0.6 is 15.9 Å². The Morgan fingerprint density at radius 3 is 2.73 bits per heavy atom. The minimum atomic E-state index is 0.809. The van der Waals surface area contributed by atoms with Gasteiger partial charge in [-0.15, -0.1) is 0 Å². The molecular formula is C13H14BrN. The molecule has 1 saturated carbocycles. The van der Waals surface area contributed by atoms with Gasteiger partial charge in [0.2, 0.25) is 0 Å². The molecule has 0 N–H and O–H groups in total. The minimum absolute atomic E-state index is 0.809. The van der Waals surface area contributed by atoms with Crippen LogP contribution in [0.4, 0.5) is 0 Å². The molecule has 2 aromatic heterocycles. The third-order valence-electron chi connectivity index (χ3n) is 3.40. The molecule has 0 unspecified atom stereocenters. The Balaban J connectivity index is 2.05. The Labute approximate surface area is 98.2 Å². The molecule has 2 aromatic rings. The topological polar surface area (TPSA) is 4.41 Å². The van der Waals surface area contributed by atoms with Crippen molar-refractivity contribution >= 4 is 21.4 Å². The number of aromatic nitrogens is 1. The first-order valence-corrected chi connectivity index (χ1v) is 6.39. The van der Waals surface area contributed by atoms with Crippen molar-refractivity contribution in [3.63, 3.8) is 0 Å². The second-order valence-corrected chi connectivity index (χ2v) is 5.35. The molecule has 0 aliphatic heterocycles. The van der Waals surface area contributed by atoms with Gasteiger partial charge in [-0.05, 0) is 58.5 Å². The van der Waals surface area contributed by atoms with Crippen molar-refractivity contribution in [1.29, 1.82) is 0 Å². The largest absolute Gasteiger partial charge is 0.322 e. The number of halogens is 1. The SMILES string of the molecule is Brc1ccc2cc(C3CCCC3)cn2c1. The fourth-order valence-electron chi connectivity index (χ4n) is 2.59. The van der Waals surface area contributed by atoms with E-state index in [-0.39, 0.29) is 0 Å². The lowest BCUT2D eigenvalue weighted by Crippen LogP contribution is -1.88. The second-order valence-electron chi connectivity index (χ2n) is 4.43. The zero-order chi connectivity index (χ0) is 10.3. The van der Waals surface area contributed by atoms with Crippen LogP contribution in [0.1, 0.15) is 37.2 Å². The van der Waals surface area contributed by atoms with Crippen molar-refractivity contribution in [3.8, 4) is 0 Å². The average Bonchev–Trinajstić information content (AvgIpc) is 2.84. The van der Waals surface area contributed by atoms with Gasteiger partial charge in [0.15, 0.2) is 0 Å². The molecule has 1 nitrogen and oxygen atoms in total. The van der Waals surface area contributed by atoms with Gasteiger partial charge in [0.1, 0.15) is 0 Å². The van der Waals surface area contributed by atoms with Crippen LogP contribution in [0.5, 0.6) is 0 Å². The summed E-state index contributed by atoms with van der Waals surface area (Å²) >= 11 is 3.50. The van der Waals surface area contributed by atoms with Crippen molar-refractivity contribution < 1.29 is 0 Å². The molecular weight excluding hydrogens is 250 g/mol. The molecule has 2 heteroatoms. The van der Waals surface area contributed by atoms with Crippen molar-refractivity contribution in [3.05, 3.63) is 40.6 Å². The van der Waals surface area contributed by atoms with Gasteiger partial charge in [-0.25, -0.2) is 0 Å². The number of nitrogens with zero attached hydrogens (tertiary/aromatic N) is 1. The first kappa shape index (κ1) is 9.46. The van der Waals surface area contributed by atoms with Gasteiger partial charge in [-0.1, -0.05) is 12.8 Å². The van der Waals surface area contributed by atoms with Crippen LogP contribution in [0.3, 0.4) is 0 Å². The maximum absolute atomic E-state index is 3.50. The Bertz CT molecular complexity index is 480. The highest BCUT2D eigenvalue weighted by Crippen LogP contribution is 2.35. The molecule has 1 fully saturated rings. The van der Waals surface area contributed by atoms with E-state index in [1.165, 1.54) is 36.8 Å². The lowest BCUT2D eigenvalue weighted by atomic mass is 10.0. The Morgan fingerprint density at radius 2 is 1.93 bits per heavy atom. The fourth-order valence-corrected chi connectivity index (χ4v) is 2.94. The summed E-state index contributed by atoms with van der Waals surface area (Å²) in [6, 6.07) is 6.61. The summed E-state index contributed by atoms with van der Waals surface area (Å²) in [5.74, 6) is 0.809. The highest BCUT2D eigenvalue weighted by atomic mass is 79.9. The number of pyridine rings is 1. The molecule has 3 rings (SSSR count). The smallest absolute Gasteiger partial charge is 0.0453 e. The number of rotatable bonds is 1. The lowest BCUT2D eigenvalue weighted by Gasteiger charge is -2.03. The van der Waals surface area contributed by atoms with Crippen LogP contribution in [0.25, 0.3) is 5.52 Å². The summed E-state index contributed by atoms with van der Waals surface area (Å²) in [7, 11) is 0. The van der Waals surface area contributed by atoms with E-state index < -0.39 is 0 Å². The summed E-state index contributed by atoms with van der Waals surface area (Å²) in [4.78, 5) is 0. The van der Waals surface area contributed by atoms with Crippen molar-refractivity contribution in [2.24, 2.45) is 0 Å². The van der Waals surface area contributed by atoms with Crippen LogP contribution in [0.15, 0.2) is 35.1 Å². The van der Waals surface area contributed by atoms with Gasteiger partial charge < -0.3 is 4.40 Å². The second kappa shape index (κ2) is 3.67. The molecule has 0 aromatic carbocycles. The third-order valence-corrected chi connectivity index (χ3v) is 3.87. The molecule has 15 heavy (non-hydrogen) atoms. The van der Waals surface area contributed by atoms with E-state index in [0.717, 1.165) is 10.4 Å². The van der Waals surface area contributed by atoms with Crippen molar-refractivity contribution in [2.45, 2.75) is 31.6 Å². The first-order valence-electron chi connectivity index (χ1n) is 5.60. The van der Waals surface area contributed by atoms with E-state index in [1.807, 2.05) is 0 Å². The van der Waals surface area contributed by atoms with E-state index >= 15 is 0 Å². The Hall–Kier alpha value is -0.760. The number of hydrogen-bond donors (Lipinski definition) is 0. The third kappa shape index (κ3) is 1.71.